The van der Waals surface area contributed by atoms with Gasteiger partial charge in [0.25, 0.3) is 0 Å². The van der Waals surface area contributed by atoms with Gasteiger partial charge in [0.1, 0.15) is 0 Å². The third kappa shape index (κ3) is 2.60. The van der Waals surface area contributed by atoms with Crippen molar-refractivity contribution in [3.63, 3.8) is 0 Å². The lowest BCUT2D eigenvalue weighted by atomic mass is 10.2. The second-order valence-corrected chi connectivity index (χ2v) is 5.41. The second kappa shape index (κ2) is 5.33. The molecule has 92 valence electrons. The normalized spacial score (nSPS) is 12.1. The van der Waals surface area contributed by atoms with Crippen LogP contribution in [0, 0.1) is 0 Å². The lowest BCUT2D eigenvalue weighted by Gasteiger charge is -2.05. The molecule has 1 N–H and O–H groups in total. The summed E-state index contributed by atoms with van der Waals surface area (Å²) in [6.07, 6.45) is 0. The first kappa shape index (κ1) is 12.8. The quantitative estimate of drug-likeness (QED) is 0.939. The standard InChI is InChI=1S/C13H9ClO3S/c14-9-5-7-10(8-6-9)18(17)12-4-2-1-3-11(12)13(15)16/h1-8H,(H,15,16)/t18-/m0/s1. The molecule has 3 nitrogen and oxygen atoms in total. The van der Waals surface area contributed by atoms with E-state index in [2.05, 4.69) is 0 Å². The smallest absolute Gasteiger partial charge is 0.336 e. The van der Waals surface area contributed by atoms with Gasteiger partial charge in [-0.15, -0.1) is 0 Å². The van der Waals surface area contributed by atoms with E-state index >= 15 is 0 Å². The van der Waals surface area contributed by atoms with Crippen molar-refractivity contribution in [2.75, 3.05) is 0 Å². The molecule has 5 heteroatoms. The summed E-state index contributed by atoms with van der Waals surface area (Å²) in [5.74, 6) is -1.09. The first-order valence-corrected chi connectivity index (χ1v) is 6.62. The monoisotopic (exact) mass is 280 g/mol. The Morgan fingerprint density at radius 2 is 1.67 bits per heavy atom. The fourth-order valence-electron chi connectivity index (χ4n) is 1.49. The van der Waals surface area contributed by atoms with Gasteiger partial charge in [-0.1, -0.05) is 23.7 Å². The molecule has 0 unspecified atom stereocenters. The zero-order valence-corrected chi connectivity index (χ0v) is 10.7. The highest BCUT2D eigenvalue weighted by molar-refractivity contribution is 7.85. The third-order valence-electron chi connectivity index (χ3n) is 2.34. The summed E-state index contributed by atoms with van der Waals surface area (Å²) in [5, 5.41) is 9.59. The van der Waals surface area contributed by atoms with E-state index in [1.54, 1.807) is 42.5 Å². The maximum atomic E-state index is 12.3. The molecule has 0 saturated carbocycles. The van der Waals surface area contributed by atoms with Crippen LogP contribution in [-0.2, 0) is 10.8 Å². The van der Waals surface area contributed by atoms with Crippen LogP contribution in [0.5, 0.6) is 0 Å². The SMILES string of the molecule is O=C(O)c1ccccc1[S@@](=O)c1ccc(Cl)cc1. The van der Waals surface area contributed by atoms with Crippen LogP contribution in [0.4, 0.5) is 0 Å². The van der Waals surface area contributed by atoms with Crippen LogP contribution >= 0.6 is 11.6 Å². The molecule has 0 heterocycles. The lowest BCUT2D eigenvalue weighted by Crippen LogP contribution is -2.04. The Morgan fingerprint density at radius 1 is 1.06 bits per heavy atom. The maximum absolute atomic E-state index is 12.3. The molecule has 2 aromatic carbocycles. The van der Waals surface area contributed by atoms with E-state index in [4.69, 9.17) is 16.7 Å². The molecule has 0 amide bonds. The Morgan fingerprint density at radius 3 is 2.28 bits per heavy atom. The fourth-order valence-corrected chi connectivity index (χ4v) is 2.81. The Balaban J connectivity index is 2.46. The summed E-state index contributed by atoms with van der Waals surface area (Å²) in [7, 11) is -1.53. The highest BCUT2D eigenvalue weighted by Crippen LogP contribution is 2.21. The van der Waals surface area contributed by atoms with E-state index in [0.717, 1.165) is 0 Å². The summed E-state index contributed by atoms with van der Waals surface area (Å²) in [4.78, 5) is 11.9. The van der Waals surface area contributed by atoms with Crippen molar-refractivity contribution in [3.05, 3.63) is 59.1 Å². The van der Waals surface area contributed by atoms with Crippen LogP contribution in [0.1, 0.15) is 10.4 Å². The molecule has 0 saturated heterocycles. The van der Waals surface area contributed by atoms with Crippen LogP contribution < -0.4 is 0 Å². The summed E-state index contributed by atoms with van der Waals surface area (Å²) in [6.45, 7) is 0. The van der Waals surface area contributed by atoms with Crippen molar-refractivity contribution >= 4 is 28.4 Å². The van der Waals surface area contributed by atoms with E-state index in [0.29, 0.717) is 9.92 Å². The number of carbonyl (C=O) groups is 1. The van der Waals surface area contributed by atoms with Crippen molar-refractivity contribution in [2.45, 2.75) is 9.79 Å². The number of hydrogen-bond acceptors (Lipinski definition) is 2. The van der Waals surface area contributed by atoms with Gasteiger partial charge in [-0.05, 0) is 36.4 Å². The van der Waals surface area contributed by atoms with Crippen molar-refractivity contribution in [3.8, 4) is 0 Å². The molecular weight excluding hydrogens is 272 g/mol. The summed E-state index contributed by atoms with van der Waals surface area (Å²) < 4.78 is 12.3. The molecule has 0 fully saturated rings. The molecule has 0 aliphatic carbocycles. The van der Waals surface area contributed by atoms with Crippen molar-refractivity contribution in [1.29, 1.82) is 0 Å². The molecule has 18 heavy (non-hydrogen) atoms. The minimum Gasteiger partial charge on any atom is -0.478 e. The largest absolute Gasteiger partial charge is 0.478 e. The van der Waals surface area contributed by atoms with E-state index in [1.807, 2.05) is 0 Å². The topological polar surface area (TPSA) is 54.4 Å². The van der Waals surface area contributed by atoms with Gasteiger partial charge in [-0.25, -0.2) is 9.00 Å². The molecule has 0 aliphatic rings. The maximum Gasteiger partial charge on any atom is 0.336 e. The summed E-state index contributed by atoms with van der Waals surface area (Å²) in [6, 6.07) is 12.7. The number of hydrogen-bond donors (Lipinski definition) is 1. The number of halogens is 1. The molecule has 0 aliphatic heterocycles. The molecule has 1 atom stereocenters. The van der Waals surface area contributed by atoms with E-state index in [9.17, 15) is 9.00 Å². The van der Waals surface area contributed by atoms with Gasteiger partial charge in [0.2, 0.25) is 0 Å². The number of rotatable bonds is 3. The molecule has 0 bridgehead atoms. The number of carboxylic acids is 1. The van der Waals surface area contributed by atoms with Gasteiger partial charge >= 0.3 is 5.97 Å². The van der Waals surface area contributed by atoms with E-state index in [-0.39, 0.29) is 10.5 Å². The minimum absolute atomic E-state index is 0.0470. The molecule has 0 aromatic heterocycles. The zero-order valence-electron chi connectivity index (χ0n) is 9.17. The Kier molecular flexibility index (Phi) is 3.79. The lowest BCUT2D eigenvalue weighted by molar-refractivity contribution is 0.0693. The predicted molar refractivity (Wildman–Crippen MR) is 69.5 cm³/mol. The van der Waals surface area contributed by atoms with Gasteiger partial charge in [0, 0.05) is 9.92 Å². The van der Waals surface area contributed by atoms with Crippen molar-refractivity contribution < 1.29 is 14.1 Å². The molecule has 0 radical (unpaired) electrons. The average molecular weight is 281 g/mol. The minimum atomic E-state index is -1.53. The Bertz CT molecular complexity index is 608. The third-order valence-corrected chi connectivity index (χ3v) is 4.05. The van der Waals surface area contributed by atoms with Gasteiger partial charge in [0.15, 0.2) is 0 Å². The highest BCUT2D eigenvalue weighted by Gasteiger charge is 2.15. The predicted octanol–water partition coefficient (Wildman–Crippen LogP) is 3.20. The molecular formula is C13H9ClO3S. The van der Waals surface area contributed by atoms with E-state index in [1.165, 1.54) is 6.07 Å². The van der Waals surface area contributed by atoms with Gasteiger partial charge in [-0.3, -0.25) is 0 Å². The Hall–Kier alpha value is -1.65. The molecule has 2 aromatic rings. The number of aromatic carboxylic acids is 1. The molecule has 2 rings (SSSR count). The van der Waals surface area contributed by atoms with Crippen LogP contribution in [0.2, 0.25) is 5.02 Å². The Labute approximate surface area is 111 Å². The van der Waals surface area contributed by atoms with Crippen LogP contribution in [0.15, 0.2) is 58.3 Å². The van der Waals surface area contributed by atoms with E-state index < -0.39 is 16.8 Å². The van der Waals surface area contributed by atoms with Crippen molar-refractivity contribution in [2.24, 2.45) is 0 Å². The van der Waals surface area contributed by atoms with Crippen LogP contribution in [-0.4, -0.2) is 15.3 Å². The first-order chi connectivity index (χ1) is 8.59. The molecule has 0 spiro atoms. The highest BCUT2D eigenvalue weighted by atomic mass is 35.5. The summed E-state index contributed by atoms with van der Waals surface area (Å²) in [5.41, 5.74) is 0.0470. The zero-order chi connectivity index (χ0) is 13.1. The van der Waals surface area contributed by atoms with Crippen LogP contribution in [0.25, 0.3) is 0 Å². The second-order valence-electron chi connectivity index (χ2n) is 3.52. The first-order valence-electron chi connectivity index (χ1n) is 5.09. The number of carboxylic acid groups (broad SMARTS) is 1. The van der Waals surface area contributed by atoms with Crippen molar-refractivity contribution in [1.82, 2.24) is 0 Å². The fraction of sp³-hybridized carbons (Fsp3) is 0. The van der Waals surface area contributed by atoms with Gasteiger partial charge in [-0.2, -0.15) is 0 Å². The summed E-state index contributed by atoms with van der Waals surface area (Å²) >= 11 is 5.75. The number of benzene rings is 2. The van der Waals surface area contributed by atoms with Crippen LogP contribution in [0.3, 0.4) is 0 Å². The van der Waals surface area contributed by atoms with Gasteiger partial charge in [0.05, 0.1) is 21.3 Å². The average Bonchev–Trinajstić information content (AvgIpc) is 2.39. The van der Waals surface area contributed by atoms with Gasteiger partial charge < -0.3 is 5.11 Å².